The van der Waals surface area contributed by atoms with Crippen LogP contribution < -0.4 is 15.8 Å². The van der Waals surface area contributed by atoms with Crippen LogP contribution in [0.15, 0.2) is 5.38 Å². The molecule has 0 fully saturated rings. The first kappa shape index (κ1) is 25.2. The Kier molecular flexibility index (Phi) is 9.74. The van der Waals surface area contributed by atoms with Crippen LogP contribution in [-0.4, -0.2) is 55.6 Å². The van der Waals surface area contributed by atoms with Crippen LogP contribution in [-0.2, 0) is 14.3 Å². The Morgan fingerprint density at radius 1 is 1.07 bits per heavy atom. The molecule has 17 heteroatoms. The Morgan fingerprint density at radius 3 is 2.11 bits per heavy atom. The number of rotatable bonds is 7. The van der Waals surface area contributed by atoms with E-state index in [9.17, 15) is 14.4 Å². The number of nitrogens with zero attached hydrogens (tertiary/aromatic N) is 2. The summed E-state index contributed by atoms with van der Waals surface area (Å²) in [5.41, 5.74) is 2.11. The van der Waals surface area contributed by atoms with Gasteiger partial charge in [-0.15, -0.1) is 11.3 Å². The van der Waals surface area contributed by atoms with Crippen molar-refractivity contribution in [1.29, 1.82) is 0 Å². The smallest absolute Gasteiger partial charge is 0.426 e. The molecule has 0 aliphatic heterocycles. The first-order valence-corrected chi connectivity index (χ1v) is 9.85. The summed E-state index contributed by atoms with van der Waals surface area (Å²) < 4.78 is 5.66. The SMILES string of the molecule is O=C(O)CN(NC(=O)OCC(Cl)(Cl)Cl)c1csc(NC(=O)OCC(Cl)(Cl)Cl)n1. The van der Waals surface area contributed by atoms with Crippen LogP contribution in [0.4, 0.5) is 20.5 Å². The van der Waals surface area contributed by atoms with E-state index in [1.54, 1.807) is 0 Å². The van der Waals surface area contributed by atoms with Crippen molar-refractivity contribution < 1.29 is 29.0 Å². The van der Waals surface area contributed by atoms with Gasteiger partial charge in [0.05, 0.1) is 0 Å². The molecule has 0 aliphatic carbocycles. The maximum absolute atomic E-state index is 11.7. The predicted octanol–water partition coefficient (Wildman–Crippen LogP) is 3.96. The van der Waals surface area contributed by atoms with E-state index in [-0.39, 0.29) is 10.9 Å². The highest BCUT2D eigenvalue weighted by Gasteiger charge is 2.25. The zero-order valence-corrected chi connectivity index (χ0v) is 18.6. The minimum absolute atomic E-state index is 0.0103. The number of thiazole rings is 1. The highest BCUT2D eigenvalue weighted by atomic mass is 35.6. The third-order valence-corrected chi connectivity index (χ3v) is 3.63. The van der Waals surface area contributed by atoms with Crippen molar-refractivity contribution in [3.8, 4) is 0 Å². The molecule has 0 saturated heterocycles. The molecule has 0 radical (unpaired) electrons. The number of hydrogen-bond donors (Lipinski definition) is 3. The molecule has 0 spiro atoms. The van der Waals surface area contributed by atoms with Gasteiger partial charge < -0.3 is 14.6 Å². The normalized spacial score (nSPS) is 11.5. The van der Waals surface area contributed by atoms with E-state index in [4.69, 9.17) is 74.7 Å². The fraction of sp³-hybridized carbons (Fsp3) is 0.455. The summed E-state index contributed by atoms with van der Waals surface area (Å²) in [7, 11) is 0. The van der Waals surface area contributed by atoms with Crippen LogP contribution in [0.1, 0.15) is 0 Å². The summed E-state index contributed by atoms with van der Waals surface area (Å²) in [6.07, 6.45) is -2.07. The minimum atomic E-state index is -1.85. The second-order valence-corrected chi connectivity index (χ2v) is 10.5. The van der Waals surface area contributed by atoms with Gasteiger partial charge in [0.1, 0.15) is 19.8 Å². The van der Waals surface area contributed by atoms with Crippen molar-refractivity contribution >= 4 is 110 Å². The first-order chi connectivity index (χ1) is 12.7. The molecular weight excluding hydrogens is 529 g/mol. The molecule has 2 amide bonds. The van der Waals surface area contributed by atoms with E-state index in [1.807, 2.05) is 0 Å². The number of nitrogens with one attached hydrogen (secondary N) is 2. The maximum atomic E-state index is 11.7. The Hall–Kier alpha value is -0.820. The first-order valence-electron chi connectivity index (χ1n) is 6.71. The number of hydrazine groups is 1. The third kappa shape index (κ3) is 11.2. The molecule has 1 rings (SSSR count). The van der Waals surface area contributed by atoms with Crippen molar-refractivity contribution in [3.05, 3.63) is 5.38 Å². The van der Waals surface area contributed by atoms with E-state index in [0.29, 0.717) is 0 Å². The van der Waals surface area contributed by atoms with Crippen molar-refractivity contribution in [2.24, 2.45) is 0 Å². The van der Waals surface area contributed by atoms with Crippen LogP contribution in [0.2, 0.25) is 0 Å². The molecule has 28 heavy (non-hydrogen) atoms. The molecule has 0 atom stereocenters. The zero-order chi connectivity index (χ0) is 21.5. The quantitative estimate of drug-likeness (QED) is 0.351. The molecule has 0 unspecified atom stereocenters. The number of carbonyl (C=O) groups excluding carboxylic acids is 2. The molecular formula is C11H10Cl6N4O6S. The zero-order valence-electron chi connectivity index (χ0n) is 13.3. The molecule has 0 aromatic carbocycles. The van der Waals surface area contributed by atoms with E-state index < -0.39 is 45.5 Å². The minimum Gasteiger partial charge on any atom is -0.480 e. The predicted molar refractivity (Wildman–Crippen MR) is 107 cm³/mol. The lowest BCUT2D eigenvalue weighted by molar-refractivity contribution is -0.135. The van der Waals surface area contributed by atoms with Crippen LogP contribution in [0.25, 0.3) is 0 Å². The molecule has 3 N–H and O–H groups in total. The number of aliphatic carboxylic acids is 1. The second kappa shape index (κ2) is 10.8. The lowest BCUT2D eigenvalue weighted by Crippen LogP contribution is -2.46. The molecule has 158 valence electrons. The summed E-state index contributed by atoms with van der Waals surface area (Å²) in [5, 5.41) is 13.4. The average Bonchev–Trinajstić information content (AvgIpc) is 2.97. The number of ether oxygens (including phenoxy) is 2. The van der Waals surface area contributed by atoms with Gasteiger partial charge in [0.25, 0.3) is 0 Å². The van der Waals surface area contributed by atoms with Crippen molar-refractivity contribution in [3.63, 3.8) is 0 Å². The van der Waals surface area contributed by atoms with E-state index >= 15 is 0 Å². The lowest BCUT2D eigenvalue weighted by atomic mass is 10.6. The number of halogens is 6. The number of carboxylic acids is 1. The summed E-state index contributed by atoms with van der Waals surface area (Å²) in [5.74, 6) is -1.33. The number of aromatic nitrogens is 1. The molecule has 1 aromatic heterocycles. The molecule has 1 aromatic rings. The fourth-order valence-corrected chi connectivity index (χ4v) is 2.33. The number of carbonyl (C=O) groups is 3. The van der Waals surface area contributed by atoms with Gasteiger partial charge in [-0.05, 0) is 0 Å². The number of amides is 2. The van der Waals surface area contributed by atoms with Gasteiger partial charge in [-0.1, -0.05) is 69.6 Å². The Morgan fingerprint density at radius 2 is 1.61 bits per heavy atom. The number of hydrogen-bond acceptors (Lipinski definition) is 8. The summed E-state index contributed by atoms with van der Waals surface area (Å²) in [6, 6.07) is 0. The Balaban J connectivity index is 2.72. The highest BCUT2D eigenvalue weighted by molar-refractivity contribution is 7.14. The van der Waals surface area contributed by atoms with Gasteiger partial charge in [-0.2, -0.15) is 0 Å². The Bertz CT molecular complexity index is 708. The van der Waals surface area contributed by atoms with Gasteiger partial charge in [-0.3, -0.25) is 15.1 Å². The van der Waals surface area contributed by atoms with Gasteiger partial charge in [0, 0.05) is 5.38 Å². The van der Waals surface area contributed by atoms with Crippen LogP contribution in [0, 0.1) is 0 Å². The second-order valence-electron chi connectivity index (χ2n) is 4.61. The van der Waals surface area contributed by atoms with E-state index in [2.05, 4.69) is 25.2 Å². The molecule has 1 heterocycles. The average molecular weight is 539 g/mol. The van der Waals surface area contributed by atoms with Gasteiger partial charge in [0.15, 0.2) is 10.9 Å². The molecule has 10 nitrogen and oxygen atoms in total. The summed E-state index contributed by atoms with van der Waals surface area (Å²) in [4.78, 5) is 38.2. The molecule has 0 saturated carbocycles. The topological polar surface area (TPSA) is 130 Å². The number of alkyl halides is 6. The maximum Gasteiger partial charge on any atom is 0.426 e. The highest BCUT2D eigenvalue weighted by Crippen LogP contribution is 2.27. The van der Waals surface area contributed by atoms with Gasteiger partial charge in [0.2, 0.25) is 7.59 Å². The van der Waals surface area contributed by atoms with Crippen LogP contribution in [0.3, 0.4) is 0 Å². The lowest BCUT2D eigenvalue weighted by Gasteiger charge is -2.21. The van der Waals surface area contributed by atoms with Gasteiger partial charge in [-0.25, -0.2) is 20.0 Å². The summed E-state index contributed by atoms with van der Waals surface area (Å²) in [6.45, 7) is -1.78. The van der Waals surface area contributed by atoms with Crippen LogP contribution in [0.5, 0.6) is 0 Å². The van der Waals surface area contributed by atoms with E-state index in [1.165, 1.54) is 5.38 Å². The number of anilines is 2. The van der Waals surface area contributed by atoms with Gasteiger partial charge >= 0.3 is 18.2 Å². The number of carboxylic acid groups (broad SMARTS) is 1. The Labute approximate surface area is 191 Å². The van der Waals surface area contributed by atoms with Crippen molar-refractivity contribution in [1.82, 2.24) is 10.4 Å². The molecule has 0 aliphatic rings. The third-order valence-electron chi connectivity index (χ3n) is 2.23. The largest absolute Gasteiger partial charge is 0.480 e. The van der Waals surface area contributed by atoms with Crippen LogP contribution >= 0.6 is 80.9 Å². The van der Waals surface area contributed by atoms with E-state index in [0.717, 1.165) is 16.3 Å². The van der Waals surface area contributed by atoms with Crippen molar-refractivity contribution in [2.45, 2.75) is 7.59 Å². The van der Waals surface area contributed by atoms with Crippen molar-refractivity contribution in [2.75, 3.05) is 30.1 Å². The standard InChI is InChI=1S/C11H10Cl6N4O6S/c12-10(13,14)3-26-8(24)19-7-18-5(2-28-7)21(1-6(22)23)20-9(25)27-4-11(15,16)17/h2H,1,3-4H2,(H,20,25)(H,22,23)(H,18,19,24). The fourth-order valence-electron chi connectivity index (χ4n) is 1.32. The monoisotopic (exact) mass is 536 g/mol. The summed E-state index contributed by atoms with van der Waals surface area (Å²) >= 11 is 33.6. The molecule has 0 bridgehead atoms.